The lowest BCUT2D eigenvalue weighted by Crippen LogP contribution is -2.39. The van der Waals surface area contributed by atoms with Crippen LogP contribution in [0.3, 0.4) is 0 Å². The van der Waals surface area contributed by atoms with Crippen molar-refractivity contribution >= 4 is 29.9 Å². The Bertz CT molecular complexity index is 463. The normalized spacial score (nSPS) is 13.0. The van der Waals surface area contributed by atoms with Gasteiger partial charge in [0.25, 0.3) is 0 Å². The monoisotopic (exact) mass is 420 g/mol. The molecule has 0 fully saturated rings. The number of rotatable bonds is 7. The van der Waals surface area contributed by atoms with E-state index in [-0.39, 0.29) is 30.0 Å². The van der Waals surface area contributed by atoms with Crippen LogP contribution >= 0.6 is 24.0 Å². The van der Waals surface area contributed by atoms with E-state index < -0.39 is 0 Å². The number of nitrogens with two attached hydrogens (primary N) is 1. The Morgan fingerprint density at radius 1 is 1.32 bits per heavy atom. The molecular formula is C16H29IN4O. The van der Waals surface area contributed by atoms with E-state index in [1.807, 2.05) is 32.3 Å². The Labute approximate surface area is 151 Å². The van der Waals surface area contributed by atoms with Gasteiger partial charge >= 0.3 is 0 Å². The van der Waals surface area contributed by atoms with Crippen LogP contribution < -0.4 is 15.8 Å². The highest BCUT2D eigenvalue weighted by molar-refractivity contribution is 14.0. The fourth-order valence-corrected chi connectivity index (χ4v) is 2.05. The summed E-state index contributed by atoms with van der Waals surface area (Å²) in [4.78, 5) is 6.46. The smallest absolute Gasteiger partial charge is 0.188 e. The van der Waals surface area contributed by atoms with Crippen molar-refractivity contribution in [3.63, 3.8) is 0 Å². The average Bonchev–Trinajstić information content (AvgIpc) is 2.45. The van der Waals surface area contributed by atoms with Crippen LogP contribution in [0.5, 0.6) is 5.75 Å². The third-order valence-electron chi connectivity index (χ3n) is 3.22. The molecule has 126 valence electrons. The van der Waals surface area contributed by atoms with E-state index in [1.54, 1.807) is 7.11 Å². The molecule has 1 rings (SSSR count). The molecule has 3 N–H and O–H groups in total. The summed E-state index contributed by atoms with van der Waals surface area (Å²) in [6.45, 7) is 5.66. The highest BCUT2D eigenvalue weighted by Gasteiger charge is 2.18. The number of para-hydroxylation sites is 1. The molecule has 0 aliphatic heterocycles. The molecule has 6 heteroatoms. The largest absolute Gasteiger partial charge is 0.496 e. The van der Waals surface area contributed by atoms with Crippen LogP contribution in [-0.2, 0) is 0 Å². The van der Waals surface area contributed by atoms with Crippen molar-refractivity contribution in [2.75, 3.05) is 34.3 Å². The Hall–Kier alpha value is -1.02. The van der Waals surface area contributed by atoms with Crippen molar-refractivity contribution < 1.29 is 4.74 Å². The van der Waals surface area contributed by atoms with Crippen LogP contribution in [0.2, 0.25) is 0 Å². The second kappa shape index (κ2) is 10.7. The summed E-state index contributed by atoms with van der Waals surface area (Å²) in [5.41, 5.74) is 7.04. The molecule has 0 amide bonds. The lowest BCUT2D eigenvalue weighted by atomic mass is 10.0. The third-order valence-corrected chi connectivity index (χ3v) is 3.22. The molecule has 0 aromatic heterocycles. The molecule has 0 aliphatic carbocycles. The fourth-order valence-electron chi connectivity index (χ4n) is 2.05. The van der Waals surface area contributed by atoms with Gasteiger partial charge in [-0.05, 0) is 26.1 Å². The molecule has 0 aliphatic rings. The number of ether oxygens (including phenoxy) is 1. The summed E-state index contributed by atoms with van der Waals surface area (Å²) in [6.07, 6.45) is 0. The van der Waals surface area contributed by atoms with Gasteiger partial charge in [0, 0.05) is 18.7 Å². The van der Waals surface area contributed by atoms with Crippen molar-refractivity contribution in [1.29, 1.82) is 0 Å². The number of nitrogens with one attached hydrogen (secondary N) is 1. The summed E-state index contributed by atoms with van der Waals surface area (Å²) in [7, 11) is 5.78. The number of hydrogen-bond acceptors (Lipinski definition) is 3. The highest BCUT2D eigenvalue weighted by Crippen LogP contribution is 2.27. The maximum atomic E-state index is 5.91. The number of nitrogens with zero attached hydrogens (tertiary/aromatic N) is 2. The molecule has 1 unspecified atom stereocenters. The van der Waals surface area contributed by atoms with Crippen molar-refractivity contribution in [2.24, 2.45) is 16.6 Å². The Morgan fingerprint density at radius 3 is 2.50 bits per heavy atom. The SMILES string of the molecule is COc1ccccc1C(CNC(N)=NCC(C)C)N(C)C.I. The zero-order chi connectivity index (χ0) is 15.8. The second-order valence-electron chi connectivity index (χ2n) is 5.72. The second-order valence-corrected chi connectivity index (χ2v) is 5.72. The van der Waals surface area contributed by atoms with E-state index in [1.165, 1.54) is 0 Å². The molecule has 0 spiro atoms. The minimum Gasteiger partial charge on any atom is -0.496 e. The summed E-state index contributed by atoms with van der Waals surface area (Å²) in [5, 5.41) is 3.20. The molecule has 22 heavy (non-hydrogen) atoms. The number of methoxy groups -OCH3 is 1. The van der Waals surface area contributed by atoms with E-state index >= 15 is 0 Å². The van der Waals surface area contributed by atoms with Gasteiger partial charge < -0.3 is 20.7 Å². The van der Waals surface area contributed by atoms with Crippen LogP contribution in [0.25, 0.3) is 0 Å². The number of guanidine groups is 1. The van der Waals surface area contributed by atoms with E-state index in [0.29, 0.717) is 18.4 Å². The maximum absolute atomic E-state index is 5.91. The number of aliphatic imine (C=N–C) groups is 1. The zero-order valence-corrected chi connectivity index (χ0v) is 16.5. The Kier molecular flexibility index (Phi) is 10.2. The molecule has 0 radical (unpaired) electrons. The highest BCUT2D eigenvalue weighted by atomic mass is 127. The molecule has 1 atom stereocenters. The molecule has 0 bridgehead atoms. The predicted octanol–water partition coefficient (Wildman–Crippen LogP) is 2.48. The molecule has 0 saturated heterocycles. The van der Waals surface area contributed by atoms with Gasteiger partial charge in [0.2, 0.25) is 0 Å². The molecule has 1 aromatic rings. The maximum Gasteiger partial charge on any atom is 0.188 e. The summed E-state index contributed by atoms with van der Waals surface area (Å²) < 4.78 is 5.45. The number of hydrogen-bond donors (Lipinski definition) is 2. The first-order valence-electron chi connectivity index (χ1n) is 7.28. The summed E-state index contributed by atoms with van der Waals surface area (Å²) in [6, 6.07) is 8.20. The summed E-state index contributed by atoms with van der Waals surface area (Å²) >= 11 is 0. The topological polar surface area (TPSA) is 62.9 Å². The zero-order valence-electron chi connectivity index (χ0n) is 14.2. The predicted molar refractivity (Wildman–Crippen MR) is 104 cm³/mol. The third kappa shape index (κ3) is 6.83. The van der Waals surface area contributed by atoms with Crippen molar-refractivity contribution in [2.45, 2.75) is 19.9 Å². The molecule has 0 heterocycles. The van der Waals surface area contributed by atoms with Gasteiger partial charge in [0.15, 0.2) is 5.96 Å². The first kappa shape index (κ1) is 21.0. The van der Waals surface area contributed by atoms with Crippen molar-refractivity contribution in [3.05, 3.63) is 29.8 Å². The van der Waals surface area contributed by atoms with Gasteiger partial charge in [-0.2, -0.15) is 0 Å². The lowest BCUT2D eigenvalue weighted by molar-refractivity contribution is 0.288. The van der Waals surface area contributed by atoms with Crippen LogP contribution in [0, 0.1) is 5.92 Å². The fraction of sp³-hybridized carbons (Fsp3) is 0.562. The van der Waals surface area contributed by atoms with Crippen molar-refractivity contribution in [3.8, 4) is 5.75 Å². The average molecular weight is 420 g/mol. The van der Waals surface area contributed by atoms with Gasteiger partial charge in [-0.15, -0.1) is 24.0 Å². The van der Waals surface area contributed by atoms with Crippen LogP contribution in [0.15, 0.2) is 29.3 Å². The minimum absolute atomic E-state index is 0. The lowest BCUT2D eigenvalue weighted by Gasteiger charge is -2.26. The molecular weight excluding hydrogens is 391 g/mol. The van der Waals surface area contributed by atoms with Crippen LogP contribution in [-0.4, -0.2) is 45.2 Å². The number of benzene rings is 1. The molecule has 1 aromatic carbocycles. The van der Waals surface area contributed by atoms with Gasteiger partial charge in [0.05, 0.1) is 13.2 Å². The Morgan fingerprint density at radius 2 is 1.95 bits per heavy atom. The van der Waals surface area contributed by atoms with Gasteiger partial charge in [0.1, 0.15) is 5.75 Å². The summed E-state index contributed by atoms with van der Waals surface area (Å²) in [5.74, 6) is 1.88. The van der Waals surface area contributed by atoms with E-state index in [4.69, 9.17) is 10.5 Å². The van der Waals surface area contributed by atoms with Crippen LogP contribution in [0.4, 0.5) is 0 Å². The van der Waals surface area contributed by atoms with Crippen molar-refractivity contribution in [1.82, 2.24) is 10.2 Å². The van der Waals surface area contributed by atoms with Gasteiger partial charge in [-0.1, -0.05) is 32.0 Å². The number of halogens is 1. The van der Waals surface area contributed by atoms with Gasteiger partial charge in [-0.3, -0.25) is 4.99 Å². The van der Waals surface area contributed by atoms with E-state index in [2.05, 4.69) is 35.1 Å². The quantitative estimate of drug-likeness (QED) is 0.404. The van der Waals surface area contributed by atoms with Crippen LogP contribution in [0.1, 0.15) is 25.5 Å². The number of likely N-dealkylation sites (N-methyl/N-ethyl adjacent to an activating group) is 1. The molecule has 0 saturated carbocycles. The first-order chi connectivity index (χ1) is 9.95. The van der Waals surface area contributed by atoms with Gasteiger partial charge in [-0.25, -0.2) is 0 Å². The van der Waals surface area contributed by atoms with E-state index in [9.17, 15) is 0 Å². The standard InChI is InChI=1S/C16H28N4O.HI/c1-12(2)10-18-16(17)19-11-14(20(3)4)13-8-6-7-9-15(13)21-5;/h6-9,12,14H,10-11H2,1-5H3,(H3,17,18,19);1H. The van der Waals surface area contributed by atoms with E-state index in [0.717, 1.165) is 17.9 Å². The molecule has 5 nitrogen and oxygen atoms in total. The minimum atomic E-state index is 0. The first-order valence-corrected chi connectivity index (χ1v) is 7.28. The Balaban J connectivity index is 0.00000441.